The molecule has 1 saturated heterocycles. The lowest BCUT2D eigenvalue weighted by molar-refractivity contribution is 0.138. The molecule has 5 heteroatoms. The maximum atomic E-state index is 13.6. The number of nitrogens with zero attached hydrogens (tertiary/aromatic N) is 1. The number of piperidine rings is 1. The molecule has 1 unspecified atom stereocenters. The Balaban J connectivity index is 2.05. The van der Waals surface area contributed by atoms with Crippen molar-refractivity contribution < 1.29 is 4.39 Å². The van der Waals surface area contributed by atoms with E-state index >= 15 is 0 Å². The summed E-state index contributed by atoms with van der Waals surface area (Å²) < 4.78 is 13.6. The van der Waals surface area contributed by atoms with E-state index in [1.165, 1.54) is 12.1 Å². The van der Waals surface area contributed by atoms with Gasteiger partial charge in [-0.05, 0) is 69.4 Å². The van der Waals surface area contributed by atoms with Crippen molar-refractivity contribution in [2.75, 3.05) is 19.6 Å². The van der Waals surface area contributed by atoms with E-state index in [1.54, 1.807) is 0 Å². The van der Waals surface area contributed by atoms with Crippen molar-refractivity contribution in [1.82, 2.24) is 4.90 Å². The Bertz CT molecular complexity index is 459. The second-order valence-corrected chi connectivity index (χ2v) is 6.33. The largest absolute Gasteiger partial charge is 0.330 e. The first-order valence-corrected chi connectivity index (χ1v) is 7.87. The molecule has 1 fully saturated rings. The number of halogens is 3. The highest BCUT2D eigenvalue weighted by Gasteiger charge is 2.25. The molecule has 0 spiro atoms. The van der Waals surface area contributed by atoms with Gasteiger partial charge < -0.3 is 5.73 Å². The fourth-order valence-electron chi connectivity index (χ4n) is 2.92. The van der Waals surface area contributed by atoms with Crippen LogP contribution in [-0.2, 0) is 0 Å². The lowest BCUT2D eigenvalue weighted by Crippen LogP contribution is -2.36. The molecule has 1 aromatic rings. The van der Waals surface area contributed by atoms with Gasteiger partial charge in [-0.2, -0.15) is 0 Å². The Morgan fingerprint density at radius 1 is 1.30 bits per heavy atom. The molecule has 112 valence electrons. The van der Waals surface area contributed by atoms with Crippen molar-refractivity contribution in [2.24, 2.45) is 11.7 Å². The van der Waals surface area contributed by atoms with Gasteiger partial charge in [0.1, 0.15) is 5.82 Å². The molecule has 0 amide bonds. The van der Waals surface area contributed by atoms with E-state index in [9.17, 15) is 4.39 Å². The number of hydrogen-bond donors (Lipinski definition) is 1. The smallest absolute Gasteiger partial charge is 0.142 e. The van der Waals surface area contributed by atoms with Crippen LogP contribution in [0, 0.1) is 11.7 Å². The Hall–Kier alpha value is -0.350. The molecule has 1 aromatic carbocycles. The van der Waals surface area contributed by atoms with E-state index in [0.29, 0.717) is 5.02 Å². The van der Waals surface area contributed by atoms with Gasteiger partial charge in [0.05, 0.1) is 5.02 Å². The highest BCUT2D eigenvalue weighted by Crippen LogP contribution is 2.33. The normalized spacial score (nSPS) is 19.2. The average Bonchev–Trinajstić information content (AvgIpc) is 2.43. The molecule has 0 aliphatic carbocycles. The summed E-state index contributed by atoms with van der Waals surface area (Å²) in [5.74, 6) is 0.316. The van der Waals surface area contributed by atoms with Crippen molar-refractivity contribution in [3.63, 3.8) is 0 Å². The molecule has 1 atom stereocenters. The van der Waals surface area contributed by atoms with Gasteiger partial charge in [0.15, 0.2) is 0 Å². The maximum Gasteiger partial charge on any atom is 0.142 e. The fourth-order valence-corrected chi connectivity index (χ4v) is 3.46. The van der Waals surface area contributed by atoms with Crippen LogP contribution in [0.1, 0.15) is 37.8 Å². The van der Waals surface area contributed by atoms with E-state index in [4.69, 9.17) is 28.9 Å². The van der Waals surface area contributed by atoms with Crippen molar-refractivity contribution in [2.45, 2.75) is 32.2 Å². The second-order valence-electron chi connectivity index (χ2n) is 5.52. The van der Waals surface area contributed by atoms with Crippen LogP contribution >= 0.6 is 23.2 Å². The van der Waals surface area contributed by atoms with Crippen LogP contribution in [-0.4, -0.2) is 24.5 Å². The first-order chi connectivity index (χ1) is 9.52. The quantitative estimate of drug-likeness (QED) is 0.841. The third kappa shape index (κ3) is 3.64. The predicted molar refractivity (Wildman–Crippen MR) is 82.8 cm³/mol. The minimum atomic E-state index is -0.407. The first-order valence-electron chi connectivity index (χ1n) is 7.11. The Morgan fingerprint density at radius 2 is 1.95 bits per heavy atom. The topological polar surface area (TPSA) is 29.3 Å². The highest BCUT2D eigenvalue weighted by molar-refractivity contribution is 6.35. The van der Waals surface area contributed by atoms with Gasteiger partial charge in [0.25, 0.3) is 0 Å². The molecular weight excluding hydrogens is 298 g/mol. The van der Waals surface area contributed by atoms with Gasteiger partial charge in [-0.1, -0.05) is 23.2 Å². The third-order valence-electron chi connectivity index (χ3n) is 4.26. The standard InChI is InChI=1S/C15H21Cl2FN2/c1-10(12-8-15(18)14(17)9-13(12)16)20-6-3-11(2-5-19)4-7-20/h8-11H,2-7,19H2,1H3. The number of nitrogens with two attached hydrogens (primary N) is 1. The molecule has 20 heavy (non-hydrogen) atoms. The van der Waals surface area contributed by atoms with E-state index in [-0.39, 0.29) is 11.1 Å². The molecule has 0 aromatic heterocycles. The molecule has 0 radical (unpaired) electrons. The van der Waals surface area contributed by atoms with Crippen molar-refractivity contribution in [1.29, 1.82) is 0 Å². The molecule has 2 nitrogen and oxygen atoms in total. The molecule has 1 heterocycles. The van der Waals surface area contributed by atoms with Crippen LogP contribution in [0.25, 0.3) is 0 Å². The van der Waals surface area contributed by atoms with Gasteiger partial charge in [-0.15, -0.1) is 0 Å². The summed E-state index contributed by atoms with van der Waals surface area (Å²) in [7, 11) is 0. The first kappa shape index (κ1) is 16.0. The van der Waals surface area contributed by atoms with Gasteiger partial charge >= 0.3 is 0 Å². The minimum Gasteiger partial charge on any atom is -0.330 e. The zero-order chi connectivity index (χ0) is 14.7. The zero-order valence-corrected chi connectivity index (χ0v) is 13.2. The molecule has 0 bridgehead atoms. The van der Waals surface area contributed by atoms with Crippen LogP contribution < -0.4 is 5.73 Å². The summed E-state index contributed by atoms with van der Waals surface area (Å²) in [6.07, 6.45) is 3.39. The van der Waals surface area contributed by atoms with Gasteiger partial charge in [0, 0.05) is 11.1 Å². The van der Waals surface area contributed by atoms with Crippen LogP contribution in [0.3, 0.4) is 0 Å². The fraction of sp³-hybridized carbons (Fsp3) is 0.600. The molecule has 1 aliphatic rings. The van der Waals surface area contributed by atoms with E-state index in [1.807, 2.05) is 0 Å². The number of hydrogen-bond acceptors (Lipinski definition) is 2. The lowest BCUT2D eigenvalue weighted by Gasteiger charge is -2.36. The maximum absolute atomic E-state index is 13.6. The van der Waals surface area contributed by atoms with Crippen molar-refractivity contribution >= 4 is 23.2 Å². The zero-order valence-electron chi connectivity index (χ0n) is 11.7. The summed E-state index contributed by atoms with van der Waals surface area (Å²) in [4.78, 5) is 2.35. The monoisotopic (exact) mass is 318 g/mol. The van der Waals surface area contributed by atoms with Crippen LogP contribution in [0.4, 0.5) is 4.39 Å². The summed E-state index contributed by atoms with van der Waals surface area (Å²) in [5, 5.41) is 0.612. The predicted octanol–water partition coefficient (Wildman–Crippen LogP) is 4.25. The van der Waals surface area contributed by atoms with Gasteiger partial charge in [0.2, 0.25) is 0 Å². The van der Waals surface area contributed by atoms with E-state index in [2.05, 4.69) is 11.8 Å². The number of likely N-dealkylation sites (tertiary alicyclic amines) is 1. The Morgan fingerprint density at radius 3 is 2.55 bits per heavy atom. The Kier molecular flexibility index (Phi) is 5.67. The molecular formula is C15H21Cl2FN2. The summed E-state index contributed by atoms with van der Waals surface area (Å²) in [5.41, 5.74) is 6.42. The van der Waals surface area contributed by atoms with Crippen molar-refractivity contribution in [3.8, 4) is 0 Å². The van der Waals surface area contributed by atoms with Crippen molar-refractivity contribution in [3.05, 3.63) is 33.6 Å². The molecule has 2 N–H and O–H groups in total. The SMILES string of the molecule is CC(c1cc(F)c(Cl)cc1Cl)N1CCC(CCN)CC1. The number of rotatable bonds is 4. The van der Waals surface area contributed by atoms with E-state index in [0.717, 1.165) is 50.4 Å². The summed E-state index contributed by atoms with van der Waals surface area (Å²) >= 11 is 11.9. The van der Waals surface area contributed by atoms with E-state index < -0.39 is 5.82 Å². The van der Waals surface area contributed by atoms with Crippen LogP contribution in [0.2, 0.25) is 10.0 Å². The van der Waals surface area contributed by atoms with Crippen LogP contribution in [0.5, 0.6) is 0 Å². The minimum absolute atomic E-state index is 0.0765. The lowest BCUT2D eigenvalue weighted by atomic mass is 9.92. The summed E-state index contributed by atoms with van der Waals surface area (Å²) in [6, 6.07) is 3.06. The molecule has 0 saturated carbocycles. The second kappa shape index (κ2) is 7.08. The summed E-state index contributed by atoms with van der Waals surface area (Å²) in [6.45, 7) is 4.84. The molecule has 1 aliphatic heterocycles. The third-order valence-corrected chi connectivity index (χ3v) is 4.88. The average molecular weight is 319 g/mol. The molecule has 2 rings (SSSR count). The Labute approximate surface area is 130 Å². The number of benzene rings is 1. The van der Waals surface area contributed by atoms with Crippen LogP contribution in [0.15, 0.2) is 12.1 Å². The van der Waals surface area contributed by atoms with Gasteiger partial charge in [-0.25, -0.2) is 4.39 Å². The van der Waals surface area contributed by atoms with Gasteiger partial charge in [-0.3, -0.25) is 4.90 Å². The highest BCUT2D eigenvalue weighted by atomic mass is 35.5.